The van der Waals surface area contributed by atoms with E-state index in [1.807, 2.05) is 13.8 Å². The number of rotatable bonds is 6. The van der Waals surface area contributed by atoms with Crippen molar-refractivity contribution >= 4 is 21.7 Å². The zero-order valence-corrected chi connectivity index (χ0v) is 12.8. The molecule has 0 radical (unpaired) electrons. The van der Waals surface area contributed by atoms with Crippen LogP contribution in [0.3, 0.4) is 0 Å². The molecule has 5 heteroatoms. The Morgan fingerprint density at radius 2 is 2.00 bits per heavy atom. The molecule has 1 aliphatic rings. The molecule has 0 aliphatic heterocycles. The predicted molar refractivity (Wildman–Crippen MR) is 75.9 cm³/mol. The van der Waals surface area contributed by atoms with E-state index in [9.17, 15) is 8.42 Å². The maximum atomic E-state index is 12.3. The maximum Gasteiger partial charge on any atom is 0.297 e. The van der Waals surface area contributed by atoms with E-state index >= 15 is 0 Å². The van der Waals surface area contributed by atoms with Gasteiger partial charge in [-0.05, 0) is 37.8 Å². The van der Waals surface area contributed by atoms with E-state index in [0.717, 1.165) is 18.4 Å². The Labute approximate surface area is 120 Å². The van der Waals surface area contributed by atoms with E-state index in [1.54, 1.807) is 24.3 Å². The SMILES string of the molecule is CC[C@@H]1C[C@@]1(CCCl)OS(=O)(=O)c1ccc(C)cc1. The van der Waals surface area contributed by atoms with Crippen LogP contribution in [-0.4, -0.2) is 19.9 Å². The summed E-state index contributed by atoms with van der Waals surface area (Å²) in [5.41, 5.74) is 0.451. The molecular weight excluding hydrogens is 284 g/mol. The Hall–Kier alpha value is -0.580. The van der Waals surface area contributed by atoms with E-state index in [2.05, 4.69) is 0 Å². The highest BCUT2D eigenvalue weighted by Crippen LogP contribution is 2.53. The first kappa shape index (κ1) is 14.8. The molecule has 2 atom stereocenters. The molecule has 1 aromatic rings. The molecule has 0 saturated heterocycles. The van der Waals surface area contributed by atoms with Crippen LogP contribution in [0.15, 0.2) is 29.2 Å². The smallest absolute Gasteiger partial charge is 0.259 e. The largest absolute Gasteiger partial charge is 0.297 e. The van der Waals surface area contributed by atoms with Crippen molar-refractivity contribution in [2.24, 2.45) is 5.92 Å². The number of benzene rings is 1. The third-order valence-corrected chi connectivity index (χ3v) is 5.36. The molecular formula is C14H19ClO3S. The van der Waals surface area contributed by atoms with Gasteiger partial charge in [0.05, 0.1) is 10.5 Å². The number of hydrogen-bond acceptors (Lipinski definition) is 3. The fraction of sp³-hybridized carbons (Fsp3) is 0.571. The minimum absolute atomic E-state index is 0.216. The lowest BCUT2D eigenvalue weighted by Gasteiger charge is -2.17. The summed E-state index contributed by atoms with van der Waals surface area (Å²) in [7, 11) is -3.70. The predicted octanol–water partition coefficient (Wildman–Crippen LogP) is 3.50. The molecule has 0 amide bonds. The average molecular weight is 303 g/mol. The molecule has 2 rings (SSSR count). The van der Waals surface area contributed by atoms with Crippen LogP contribution >= 0.6 is 11.6 Å². The molecule has 0 unspecified atom stereocenters. The van der Waals surface area contributed by atoms with E-state index in [0.29, 0.717) is 18.2 Å². The van der Waals surface area contributed by atoms with Crippen molar-refractivity contribution in [3.05, 3.63) is 29.8 Å². The second kappa shape index (κ2) is 5.43. The van der Waals surface area contributed by atoms with Crippen molar-refractivity contribution in [1.82, 2.24) is 0 Å². The Morgan fingerprint density at radius 1 is 1.37 bits per heavy atom. The van der Waals surface area contributed by atoms with Gasteiger partial charge in [0.2, 0.25) is 0 Å². The summed E-state index contributed by atoms with van der Waals surface area (Å²) >= 11 is 5.77. The number of halogens is 1. The van der Waals surface area contributed by atoms with Crippen molar-refractivity contribution in [2.75, 3.05) is 5.88 Å². The van der Waals surface area contributed by atoms with E-state index in [4.69, 9.17) is 15.8 Å². The maximum absolute atomic E-state index is 12.3. The lowest BCUT2D eigenvalue weighted by molar-refractivity contribution is 0.163. The van der Waals surface area contributed by atoms with Crippen LogP contribution in [0.4, 0.5) is 0 Å². The minimum atomic E-state index is -3.70. The third kappa shape index (κ3) is 3.12. The molecule has 0 bridgehead atoms. The van der Waals surface area contributed by atoms with Gasteiger partial charge >= 0.3 is 0 Å². The van der Waals surface area contributed by atoms with Crippen LogP contribution in [0.2, 0.25) is 0 Å². The van der Waals surface area contributed by atoms with Gasteiger partial charge in [-0.25, -0.2) is 0 Å². The molecule has 19 heavy (non-hydrogen) atoms. The van der Waals surface area contributed by atoms with Crippen molar-refractivity contribution in [1.29, 1.82) is 0 Å². The zero-order chi connectivity index (χ0) is 14.1. The Kier molecular flexibility index (Phi) is 4.23. The van der Waals surface area contributed by atoms with Crippen LogP contribution in [0.1, 0.15) is 31.7 Å². The zero-order valence-electron chi connectivity index (χ0n) is 11.2. The summed E-state index contributed by atoms with van der Waals surface area (Å²) in [5.74, 6) is 0.714. The Morgan fingerprint density at radius 3 is 2.47 bits per heavy atom. The summed E-state index contributed by atoms with van der Waals surface area (Å²) < 4.78 is 30.0. The van der Waals surface area contributed by atoms with Gasteiger partial charge in [0.15, 0.2) is 0 Å². The van der Waals surface area contributed by atoms with Crippen molar-refractivity contribution in [3.8, 4) is 0 Å². The van der Waals surface area contributed by atoms with Crippen LogP contribution in [0.25, 0.3) is 0 Å². The lowest BCUT2D eigenvalue weighted by Crippen LogP contribution is -2.23. The molecule has 3 nitrogen and oxygen atoms in total. The van der Waals surface area contributed by atoms with Gasteiger partial charge in [-0.2, -0.15) is 8.42 Å². The average Bonchev–Trinajstić information content (AvgIpc) is 3.02. The standard InChI is InChI=1S/C14H19ClO3S/c1-3-12-10-14(12,8-9-15)18-19(16,17)13-6-4-11(2)5-7-13/h4-7,12H,3,8-10H2,1-2H3/t12-,14-/m1/s1. The topological polar surface area (TPSA) is 43.4 Å². The van der Waals surface area contributed by atoms with Crippen molar-refractivity contribution in [3.63, 3.8) is 0 Å². The van der Waals surface area contributed by atoms with E-state index < -0.39 is 15.7 Å². The quantitative estimate of drug-likeness (QED) is 0.597. The van der Waals surface area contributed by atoms with E-state index in [-0.39, 0.29) is 4.90 Å². The van der Waals surface area contributed by atoms with E-state index in [1.165, 1.54) is 0 Å². The van der Waals surface area contributed by atoms with Crippen LogP contribution in [0, 0.1) is 12.8 Å². The molecule has 106 valence electrons. The Balaban J connectivity index is 2.19. The molecule has 1 saturated carbocycles. The second-order valence-electron chi connectivity index (χ2n) is 5.16. The van der Waals surface area contributed by atoms with Crippen LogP contribution in [-0.2, 0) is 14.3 Å². The summed E-state index contributed by atoms with van der Waals surface area (Å²) in [6, 6.07) is 6.72. The molecule has 1 aromatic carbocycles. The highest BCUT2D eigenvalue weighted by atomic mass is 35.5. The van der Waals surface area contributed by atoms with Gasteiger partial charge in [-0.1, -0.05) is 31.0 Å². The fourth-order valence-electron chi connectivity index (χ4n) is 2.46. The molecule has 1 fully saturated rings. The first-order valence-corrected chi connectivity index (χ1v) is 8.46. The highest BCUT2D eigenvalue weighted by Gasteiger charge is 2.56. The van der Waals surface area contributed by atoms with Crippen LogP contribution in [0.5, 0.6) is 0 Å². The van der Waals surface area contributed by atoms with Gasteiger partial charge in [0, 0.05) is 5.88 Å². The number of aryl methyl sites for hydroxylation is 1. The summed E-state index contributed by atoms with van der Waals surface area (Å²) in [4.78, 5) is 0.216. The molecule has 0 heterocycles. The normalized spacial score (nSPS) is 26.4. The minimum Gasteiger partial charge on any atom is -0.259 e. The Bertz CT molecular complexity index is 538. The van der Waals surface area contributed by atoms with Gasteiger partial charge in [-0.15, -0.1) is 11.6 Å². The highest BCUT2D eigenvalue weighted by molar-refractivity contribution is 7.86. The molecule has 0 N–H and O–H groups in total. The van der Waals surface area contributed by atoms with Crippen LogP contribution < -0.4 is 0 Å². The van der Waals surface area contributed by atoms with Gasteiger partial charge in [-0.3, -0.25) is 4.18 Å². The number of hydrogen-bond donors (Lipinski definition) is 0. The van der Waals surface area contributed by atoms with Gasteiger partial charge in [0.1, 0.15) is 0 Å². The summed E-state index contributed by atoms with van der Waals surface area (Å²) in [5, 5.41) is 0. The molecule has 0 spiro atoms. The van der Waals surface area contributed by atoms with Gasteiger partial charge in [0.25, 0.3) is 10.1 Å². The van der Waals surface area contributed by atoms with Crippen molar-refractivity contribution < 1.29 is 12.6 Å². The number of alkyl halides is 1. The molecule has 1 aliphatic carbocycles. The first-order chi connectivity index (χ1) is 8.93. The lowest BCUT2D eigenvalue weighted by atomic mass is 10.2. The summed E-state index contributed by atoms with van der Waals surface area (Å²) in [6.07, 6.45) is 2.28. The second-order valence-corrected chi connectivity index (χ2v) is 7.09. The monoisotopic (exact) mass is 302 g/mol. The molecule has 0 aromatic heterocycles. The van der Waals surface area contributed by atoms with Gasteiger partial charge < -0.3 is 0 Å². The summed E-state index contributed by atoms with van der Waals surface area (Å²) in [6.45, 7) is 3.96. The fourth-order valence-corrected chi connectivity index (χ4v) is 4.07. The first-order valence-electron chi connectivity index (χ1n) is 6.52. The van der Waals surface area contributed by atoms with Crippen molar-refractivity contribution in [2.45, 2.75) is 43.6 Å². The third-order valence-electron chi connectivity index (χ3n) is 3.77.